The summed E-state index contributed by atoms with van der Waals surface area (Å²) < 4.78 is 5.27. The molecular weight excluding hydrogens is 300 g/mol. The maximum Gasteiger partial charge on any atom is 0.254 e. The number of carbonyl (C=O) groups excluding carboxylic acids is 1. The summed E-state index contributed by atoms with van der Waals surface area (Å²) in [6.45, 7) is 3.09. The van der Waals surface area contributed by atoms with Crippen LogP contribution in [-0.2, 0) is 12.0 Å². The number of rotatable bonds is 5. The van der Waals surface area contributed by atoms with Crippen molar-refractivity contribution in [3.63, 3.8) is 0 Å². The van der Waals surface area contributed by atoms with Crippen LogP contribution in [0.1, 0.15) is 59.3 Å². The molecule has 128 valence electrons. The van der Waals surface area contributed by atoms with Crippen LogP contribution in [0.4, 0.5) is 0 Å². The van der Waals surface area contributed by atoms with Gasteiger partial charge in [0.2, 0.25) is 0 Å². The highest BCUT2D eigenvalue weighted by molar-refractivity contribution is 5.94. The van der Waals surface area contributed by atoms with E-state index < -0.39 is 0 Å². The molecule has 0 bridgehead atoms. The standard InChI is InChI=1S/C20H26N2O2/c1-15-6-5-7-17(10-15)20(8-3-2-4-9-20)14-22-19(23)16-11-18(12-21)24-13-16/h5-7,10-11,13H,2-4,8-9,12,14,21H2,1H3,(H,22,23). The van der Waals surface area contributed by atoms with Gasteiger partial charge in [-0.15, -0.1) is 0 Å². The number of nitrogens with two attached hydrogens (primary N) is 1. The molecule has 1 aliphatic rings. The van der Waals surface area contributed by atoms with Crippen molar-refractivity contribution in [2.45, 2.75) is 51.0 Å². The third kappa shape index (κ3) is 3.54. The summed E-state index contributed by atoms with van der Waals surface area (Å²) >= 11 is 0. The Hall–Kier alpha value is -2.07. The normalized spacial score (nSPS) is 16.8. The first-order valence-corrected chi connectivity index (χ1v) is 8.76. The van der Waals surface area contributed by atoms with E-state index in [4.69, 9.17) is 10.2 Å². The van der Waals surface area contributed by atoms with E-state index in [0.29, 0.717) is 24.4 Å². The van der Waals surface area contributed by atoms with Gasteiger partial charge in [-0.25, -0.2) is 0 Å². The Bertz CT molecular complexity index is 699. The molecule has 24 heavy (non-hydrogen) atoms. The molecule has 0 saturated heterocycles. The van der Waals surface area contributed by atoms with Gasteiger partial charge in [-0.05, 0) is 31.4 Å². The molecule has 3 N–H and O–H groups in total. The summed E-state index contributed by atoms with van der Waals surface area (Å²) in [5.41, 5.74) is 8.74. The van der Waals surface area contributed by atoms with Crippen LogP contribution in [0, 0.1) is 6.92 Å². The molecule has 0 radical (unpaired) electrons. The Morgan fingerprint density at radius 3 is 2.71 bits per heavy atom. The number of amides is 1. The molecular formula is C20H26N2O2. The zero-order valence-electron chi connectivity index (χ0n) is 14.3. The van der Waals surface area contributed by atoms with E-state index in [2.05, 4.69) is 36.5 Å². The van der Waals surface area contributed by atoms with Gasteiger partial charge in [0.05, 0.1) is 12.1 Å². The van der Waals surface area contributed by atoms with Crippen molar-refractivity contribution in [1.82, 2.24) is 5.32 Å². The number of furan rings is 1. The van der Waals surface area contributed by atoms with Crippen LogP contribution >= 0.6 is 0 Å². The van der Waals surface area contributed by atoms with Gasteiger partial charge in [0.15, 0.2) is 0 Å². The Morgan fingerprint density at radius 2 is 2.04 bits per heavy atom. The molecule has 0 aliphatic heterocycles. The van der Waals surface area contributed by atoms with E-state index in [-0.39, 0.29) is 11.3 Å². The van der Waals surface area contributed by atoms with Crippen molar-refractivity contribution in [2.75, 3.05) is 6.54 Å². The van der Waals surface area contributed by atoms with Crippen LogP contribution < -0.4 is 11.1 Å². The Kier molecular flexibility index (Phi) is 5.05. The predicted octanol–water partition coefficient (Wildman–Crippen LogP) is 3.68. The average molecular weight is 326 g/mol. The third-order valence-corrected chi connectivity index (χ3v) is 5.15. The molecule has 1 fully saturated rings. The van der Waals surface area contributed by atoms with Crippen molar-refractivity contribution >= 4 is 5.91 Å². The second-order valence-electron chi connectivity index (χ2n) is 6.90. The SMILES string of the molecule is Cc1cccc(C2(CNC(=O)c3coc(CN)c3)CCCCC2)c1. The topological polar surface area (TPSA) is 68.3 Å². The second kappa shape index (κ2) is 7.22. The Balaban J connectivity index is 1.76. The molecule has 1 aromatic carbocycles. The fourth-order valence-corrected chi connectivity index (χ4v) is 3.73. The summed E-state index contributed by atoms with van der Waals surface area (Å²) in [6.07, 6.45) is 7.44. The van der Waals surface area contributed by atoms with Gasteiger partial charge in [0.1, 0.15) is 12.0 Å². The summed E-state index contributed by atoms with van der Waals surface area (Å²) in [5.74, 6) is 0.544. The van der Waals surface area contributed by atoms with Gasteiger partial charge in [-0.3, -0.25) is 4.79 Å². The van der Waals surface area contributed by atoms with Crippen LogP contribution in [0.3, 0.4) is 0 Å². The van der Waals surface area contributed by atoms with E-state index >= 15 is 0 Å². The molecule has 2 aromatic rings. The third-order valence-electron chi connectivity index (χ3n) is 5.15. The molecule has 4 nitrogen and oxygen atoms in total. The van der Waals surface area contributed by atoms with Gasteiger partial charge < -0.3 is 15.5 Å². The highest BCUT2D eigenvalue weighted by atomic mass is 16.3. The van der Waals surface area contributed by atoms with E-state index in [1.54, 1.807) is 6.07 Å². The second-order valence-corrected chi connectivity index (χ2v) is 6.90. The van der Waals surface area contributed by atoms with Crippen LogP contribution in [0.25, 0.3) is 0 Å². The lowest BCUT2D eigenvalue weighted by atomic mass is 9.69. The molecule has 1 heterocycles. The number of nitrogens with one attached hydrogen (secondary N) is 1. The highest BCUT2D eigenvalue weighted by Crippen LogP contribution is 2.39. The van der Waals surface area contributed by atoms with Crippen LogP contribution in [-0.4, -0.2) is 12.5 Å². The lowest BCUT2D eigenvalue weighted by Crippen LogP contribution is -2.42. The monoisotopic (exact) mass is 326 g/mol. The van der Waals surface area contributed by atoms with Crippen molar-refractivity contribution in [1.29, 1.82) is 0 Å². The minimum absolute atomic E-state index is 0.0420. The molecule has 0 unspecified atom stereocenters. The average Bonchev–Trinajstić information content (AvgIpc) is 3.10. The van der Waals surface area contributed by atoms with Gasteiger partial charge in [-0.1, -0.05) is 49.1 Å². The number of aryl methyl sites for hydroxylation is 1. The largest absolute Gasteiger partial charge is 0.467 e. The summed E-state index contributed by atoms with van der Waals surface area (Å²) in [7, 11) is 0. The Labute approximate surface area is 143 Å². The first-order valence-electron chi connectivity index (χ1n) is 8.76. The molecule has 3 rings (SSSR count). The van der Waals surface area contributed by atoms with Gasteiger partial charge in [0, 0.05) is 12.0 Å². The lowest BCUT2D eigenvalue weighted by molar-refractivity contribution is 0.0936. The number of hydrogen-bond acceptors (Lipinski definition) is 3. The molecule has 0 spiro atoms. The molecule has 1 aromatic heterocycles. The lowest BCUT2D eigenvalue weighted by Gasteiger charge is -2.38. The maximum absolute atomic E-state index is 12.4. The van der Waals surface area contributed by atoms with Crippen molar-refractivity contribution < 1.29 is 9.21 Å². The van der Waals surface area contributed by atoms with Crippen LogP contribution in [0.2, 0.25) is 0 Å². The number of carbonyl (C=O) groups is 1. The molecule has 1 aliphatic carbocycles. The van der Waals surface area contributed by atoms with E-state index in [0.717, 1.165) is 12.8 Å². The van der Waals surface area contributed by atoms with Crippen molar-refractivity contribution in [3.05, 3.63) is 59.0 Å². The minimum Gasteiger partial charge on any atom is -0.467 e. The molecule has 1 amide bonds. The smallest absolute Gasteiger partial charge is 0.254 e. The number of hydrogen-bond donors (Lipinski definition) is 2. The summed E-state index contributed by atoms with van der Waals surface area (Å²) in [6, 6.07) is 10.4. The van der Waals surface area contributed by atoms with Crippen molar-refractivity contribution in [2.24, 2.45) is 5.73 Å². The quantitative estimate of drug-likeness (QED) is 0.880. The molecule has 4 heteroatoms. The van der Waals surface area contributed by atoms with Gasteiger partial charge >= 0.3 is 0 Å². The van der Waals surface area contributed by atoms with Crippen LogP contribution in [0.15, 0.2) is 41.0 Å². The first-order chi connectivity index (χ1) is 11.6. The Morgan fingerprint density at radius 1 is 1.25 bits per heavy atom. The summed E-state index contributed by atoms with van der Waals surface area (Å²) in [5, 5.41) is 3.13. The first kappa shape index (κ1) is 16.8. The van der Waals surface area contributed by atoms with Crippen LogP contribution in [0.5, 0.6) is 0 Å². The van der Waals surface area contributed by atoms with E-state index in [9.17, 15) is 4.79 Å². The van der Waals surface area contributed by atoms with Crippen molar-refractivity contribution in [3.8, 4) is 0 Å². The fourth-order valence-electron chi connectivity index (χ4n) is 3.73. The maximum atomic E-state index is 12.4. The van der Waals surface area contributed by atoms with E-state index in [1.807, 2.05) is 0 Å². The molecule has 0 atom stereocenters. The highest BCUT2D eigenvalue weighted by Gasteiger charge is 2.34. The zero-order valence-corrected chi connectivity index (χ0v) is 14.3. The zero-order chi connectivity index (χ0) is 17.0. The predicted molar refractivity (Wildman–Crippen MR) is 94.9 cm³/mol. The van der Waals surface area contributed by atoms with Gasteiger partial charge in [0.25, 0.3) is 5.91 Å². The fraction of sp³-hybridized carbons (Fsp3) is 0.450. The number of benzene rings is 1. The molecule has 1 saturated carbocycles. The summed E-state index contributed by atoms with van der Waals surface area (Å²) in [4.78, 5) is 12.4. The van der Waals surface area contributed by atoms with E-state index in [1.165, 1.54) is 36.7 Å². The van der Waals surface area contributed by atoms with Gasteiger partial charge in [-0.2, -0.15) is 0 Å². The minimum atomic E-state index is -0.0870.